The van der Waals surface area contributed by atoms with E-state index in [2.05, 4.69) is 46.4 Å². The van der Waals surface area contributed by atoms with Crippen molar-refractivity contribution in [3.63, 3.8) is 0 Å². The van der Waals surface area contributed by atoms with Crippen LogP contribution in [-0.2, 0) is 6.54 Å². The van der Waals surface area contributed by atoms with Crippen LogP contribution in [0.5, 0.6) is 0 Å². The van der Waals surface area contributed by atoms with Crippen molar-refractivity contribution in [3.05, 3.63) is 17.8 Å². The van der Waals surface area contributed by atoms with E-state index in [1.807, 2.05) is 0 Å². The molecule has 0 spiro atoms. The molecule has 4 nitrogen and oxygen atoms in total. The molecule has 1 saturated carbocycles. The second kappa shape index (κ2) is 6.73. The highest BCUT2D eigenvalue weighted by molar-refractivity contribution is 5.40. The normalized spacial score (nSPS) is 26.0. The summed E-state index contributed by atoms with van der Waals surface area (Å²) in [7, 11) is 0. The fourth-order valence-electron chi connectivity index (χ4n) is 3.82. The molecule has 1 aromatic rings. The van der Waals surface area contributed by atoms with Crippen LogP contribution in [-0.4, -0.2) is 28.8 Å². The number of nitrogens with zero attached hydrogens (tertiary/aromatic N) is 3. The first-order valence-corrected chi connectivity index (χ1v) is 8.56. The van der Waals surface area contributed by atoms with Crippen molar-refractivity contribution in [2.45, 2.75) is 71.0 Å². The number of aromatic nitrogens is 2. The molecule has 116 valence electrons. The quantitative estimate of drug-likeness (QED) is 0.924. The zero-order chi connectivity index (χ0) is 14.7. The van der Waals surface area contributed by atoms with Gasteiger partial charge in [-0.3, -0.25) is 0 Å². The van der Waals surface area contributed by atoms with Gasteiger partial charge in [-0.05, 0) is 43.7 Å². The Hall–Kier alpha value is -1.16. The molecule has 1 aromatic heterocycles. The molecule has 2 heterocycles. The third-order valence-electron chi connectivity index (χ3n) is 4.93. The predicted octanol–water partition coefficient (Wildman–Crippen LogP) is 3.13. The number of nitrogens with one attached hydrogen (secondary N) is 1. The third-order valence-corrected chi connectivity index (χ3v) is 4.93. The van der Waals surface area contributed by atoms with Gasteiger partial charge in [-0.25, -0.2) is 0 Å². The Kier molecular flexibility index (Phi) is 4.73. The Morgan fingerprint density at radius 1 is 1.14 bits per heavy atom. The second-order valence-corrected chi connectivity index (χ2v) is 6.87. The van der Waals surface area contributed by atoms with Crippen molar-refractivity contribution in [1.29, 1.82) is 0 Å². The van der Waals surface area contributed by atoms with Crippen LogP contribution < -0.4 is 10.2 Å². The summed E-state index contributed by atoms with van der Waals surface area (Å²) in [6.07, 6.45) is 8.25. The molecule has 0 amide bonds. The molecule has 3 rings (SSSR count). The summed E-state index contributed by atoms with van der Waals surface area (Å²) in [6.45, 7) is 6.26. The summed E-state index contributed by atoms with van der Waals surface area (Å²) in [4.78, 5) is 2.53. The van der Waals surface area contributed by atoms with E-state index < -0.39 is 0 Å². The van der Waals surface area contributed by atoms with Gasteiger partial charge in [0.1, 0.15) is 0 Å². The highest BCUT2D eigenvalue weighted by atomic mass is 15.3. The fraction of sp³-hybridized carbons (Fsp3) is 0.765. The average molecular weight is 288 g/mol. The molecule has 21 heavy (non-hydrogen) atoms. The molecule has 0 aromatic carbocycles. The minimum Gasteiger partial charge on any atom is -0.352 e. The number of anilines is 1. The van der Waals surface area contributed by atoms with Gasteiger partial charge in [0.05, 0.1) is 5.69 Å². The van der Waals surface area contributed by atoms with Crippen LogP contribution in [0.15, 0.2) is 12.1 Å². The highest BCUT2D eigenvalue weighted by Gasteiger charge is 2.33. The molecule has 4 heteroatoms. The molecule has 1 N–H and O–H groups in total. The molecule has 0 radical (unpaired) electrons. The monoisotopic (exact) mass is 288 g/mol. The van der Waals surface area contributed by atoms with Crippen LogP contribution in [0.3, 0.4) is 0 Å². The maximum absolute atomic E-state index is 4.51. The lowest BCUT2D eigenvalue weighted by Crippen LogP contribution is -2.47. The summed E-state index contributed by atoms with van der Waals surface area (Å²) >= 11 is 0. The molecular formula is C17H28N4. The minimum atomic E-state index is 0.483. The molecule has 2 unspecified atom stereocenters. The van der Waals surface area contributed by atoms with Crippen LogP contribution in [0.25, 0.3) is 0 Å². The first-order valence-electron chi connectivity index (χ1n) is 8.56. The summed E-state index contributed by atoms with van der Waals surface area (Å²) in [5, 5.41) is 12.3. The molecule has 1 saturated heterocycles. The molecule has 1 aliphatic heterocycles. The zero-order valence-electron chi connectivity index (χ0n) is 13.4. The van der Waals surface area contributed by atoms with Gasteiger partial charge in [0.25, 0.3) is 0 Å². The van der Waals surface area contributed by atoms with Gasteiger partial charge in [0, 0.05) is 25.2 Å². The van der Waals surface area contributed by atoms with Crippen LogP contribution in [0, 0.1) is 5.92 Å². The van der Waals surface area contributed by atoms with Crippen molar-refractivity contribution >= 4 is 5.82 Å². The highest BCUT2D eigenvalue weighted by Crippen LogP contribution is 2.36. The first kappa shape index (κ1) is 14.8. The van der Waals surface area contributed by atoms with Gasteiger partial charge in [-0.1, -0.05) is 26.7 Å². The van der Waals surface area contributed by atoms with Crippen molar-refractivity contribution in [1.82, 2.24) is 15.5 Å². The molecule has 2 aliphatic rings. The Morgan fingerprint density at radius 2 is 1.95 bits per heavy atom. The topological polar surface area (TPSA) is 41.0 Å². The average Bonchev–Trinajstić information content (AvgIpc) is 2.53. The molecule has 0 bridgehead atoms. The van der Waals surface area contributed by atoms with Gasteiger partial charge in [-0.15, -0.1) is 5.10 Å². The maximum Gasteiger partial charge on any atom is 0.151 e. The number of hydrogen-bond acceptors (Lipinski definition) is 4. The van der Waals surface area contributed by atoms with Gasteiger partial charge in [0.2, 0.25) is 0 Å². The number of piperidine rings is 1. The van der Waals surface area contributed by atoms with Crippen molar-refractivity contribution in [3.8, 4) is 0 Å². The number of rotatable bonds is 4. The number of fused-ring (bicyclic) bond motifs is 1. The maximum atomic E-state index is 4.51. The Bertz CT molecular complexity index is 441. The summed E-state index contributed by atoms with van der Waals surface area (Å²) < 4.78 is 0. The predicted molar refractivity (Wildman–Crippen MR) is 86.3 cm³/mol. The smallest absolute Gasteiger partial charge is 0.151 e. The van der Waals surface area contributed by atoms with Crippen LogP contribution in [0.2, 0.25) is 0 Å². The first-order chi connectivity index (χ1) is 10.2. The van der Waals surface area contributed by atoms with E-state index in [9.17, 15) is 0 Å². The largest absolute Gasteiger partial charge is 0.352 e. The second-order valence-electron chi connectivity index (χ2n) is 6.87. The SMILES string of the molecule is CC(C)NCc1ccc(N2CCCC3CCCCC32)nn1. The van der Waals surface area contributed by atoms with Gasteiger partial charge >= 0.3 is 0 Å². The van der Waals surface area contributed by atoms with Gasteiger partial charge in [-0.2, -0.15) is 5.10 Å². The Morgan fingerprint density at radius 3 is 2.71 bits per heavy atom. The van der Waals surface area contributed by atoms with E-state index in [0.717, 1.165) is 30.5 Å². The third kappa shape index (κ3) is 3.54. The van der Waals surface area contributed by atoms with Crippen molar-refractivity contribution in [2.24, 2.45) is 5.92 Å². The standard InChI is InChI=1S/C17H28N4/c1-13(2)18-12-15-9-10-17(20-19-15)21-11-5-7-14-6-3-4-8-16(14)21/h9-10,13-14,16,18H,3-8,11-12H2,1-2H3. The summed E-state index contributed by atoms with van der Waals surface area (Å²) in [5.41, 5.74) is 1.03. The van der Waals surface area contributed by atoms with Crippen LogP contribution in [0.4, 0.5) is 5.82 Å². The van der Waals surface area contributed by atoms with Crippen LogP contribution in [0.1, 0.15) is 58.1 Å². The molecule has 1 aliphatic carbocycles. The summed E-state index contributed by atoms with van der Waals surface area (Å²) in [5.74, 6) is 1.97. The lowest BCUT2D eigenvalue weighted by atomic mass is 9.78. The van der Waals surface area contributed by atoms with E-state index in [1.165, 1.54) is 38.5 Å². The van der Waals surface area contributed by atoms with Crippen LogP contribution >= 0.6 is 0 Å². The number of hydrogen-bond donors (Lipinski definition) is 1. The van der Waals surface area contributed by atoms with E-state index >= 15 is 0 Å². The van der Waals surface area contributed by atoms with E-state index in [0.29, 0.717) is 12.1 Å². The van der Waals surface area contributed by atoms with Crippen molar-refractivity contribution < 1.29 is 0 Å². The van der Waals surface area contributed by atoms with E-state index in [1.54, 1.807) is 0 Å². The lowest BCUT2D eigenvalue weighted by Gasteiger charge is -2.44. The van der Waals surface area contributed by atoms with E-state index in [-0.39, 0.29) is 0 Å². The van der Waals surface area contributed by atoms with Crippen molar-refractivity contribution in [2.75, 3.05) is 11.4 Å². The lowest BCUT2D eigenvalue weighted by molar-refractivity contribution is 0.242. The zero-order valence-corrected chi connectivity index (χ0v) is 13.4. The minimum absolute atomic E-state index is 0.483. The fourth-order valence-corrected chi connectivity index (χ4v) is 3.82. The Balaban J connectivity index is 1.67. The molecule has 2 atom stereocenters. The van der Waals surface area contributed by atoms with Gasteiger partial charge in [0.15, 0.2) is 5.82 Å². The van der Waals surface area contributed by atoms with Gasteiger partial charge < -0.3 is 10.2 Å². The Labute approximate surface area is 128 Å². The molecule has 2 fully saturated rings. The van der Waals surface area contributed by atoms with E-state index in [4.69, 9.17) is 0 Å². The summed E-state index contributed by atoms with van der Waals surface area (Å²) in [6, 6.07) is 5.49. The molecular weight excluding hydrogens is 260 g/mol.